The Morgan fingerprint density at radius 3 is 2.12 bits per heavy atom. The average molecular weight is 247 g/mol. The van der Waals surface area contributed by atoms with Crippen molar-refractivity contribution in [2.75, 3.05) is 14.2 Å². The number of hydrogen-bond acceptors (Lipinski definition) is 2. The molecular weight excluding hydrogens is 231 g/mol. The third kappa shape index (κ3) is 2.91. The lowest BCUT2D eigenvalue weighted by molar-refractivity contribution is -0.138. The summed E-state index contributed by atoms with van der Waals surface area (Å²) < 4.78 is 43.7. The van der Waals surface area contributed by atoms with Gasteiger partial charge in [-0.25, -0.2) is 0 Å². The molecule has 0 aliphatic rings. The fourth-order valence-corrected chi connectivity index (χ4v) is 1.56. The maximum absolute atomic E-state index is 12.9. The van der Waals surface area contributed by atoms with Crippen LogP contribution in [0.1, 0.15) is 25.0 Å². The van der Waals surface area contributed by atoms with Crippen LogP contribution in [0, 0.1) is 0 Å². The van der Waals surface area contributed by atoms with Crippen molar-refractivity contribution in [2.45, 2.75) is 25.6 Å². The van der Waals surface area contributed by atoms with E-state index in [4.69, 9.17) is 4.74 Å². The molecule has 0 bridgehead atoms. The average Bonchev–Trinajstić information content (AvgIpc) is 2.27. The van der Waals surface area contributed by atoms with Crippen molar-refractivity contribution in [2.24, 2.45) is 0 Å². The first-order chi connectivity index (χ1) is 7.72. The number of hydrogen-bond donors (Lipinski definition) is 1. The predicted octanol–water partition coefficient (Wildman–Crippen LogP) is 3.17. The smallest absolute Gasteiger partial charge is 0.416 e. The van der Waals surface area contributed by atoms with Crippen molar-refractivity contribution in [3.8, 4) is 5.75 Å². The van der Waals surface area contributed by atoms with Crippen LogP contribution in [0.2, 0.25) is 0 Å². The van der Waals surface area contributed by atoms with E-state index in [-0.39, 0.29) is 11.3 Å². The standard InChI is InChI=1S/C12H16F3NO/c1-11(2,16-3)9-6-5-8(17-4)7-10(9)12(13,14)15/h5-7,16H,1-4H3. The highest BCUT2D eigenvalue weighted by Crippen LogP contribution is 2.38. The zero-order valence-electron chi connectivity index (χ0n) is 10.3. The molecule has 2 nitrogen and oxygen atoms in total. The van der Waals surface area contributed by atoms with E-state index in [1.807, 2.05) is 0 Å². The Labute approximate surface area is 98.8 Å². The van der Waals surface area contributed by atoms with Crippen LogP contribution < -0.4 is 10.1 Å². The van der Waals surface area contributed by atoms with Crippen LogP contribution in [0.5, 0.6) is 5.75 Å². The van der Waals surface area contributed by atoms with Gasteiger partial charge in [0.2, 0.25) is 0 Å². The van der Waals surface area contributed by atoms with Crippen LogP contribution in [0.4, 0.5) is 13.2 Å². The molecular formula is C12H16F3NO. The number of methoxy groups -OCH3 is 1. The van der Waals surface area contributed by atoms with Crippen LogP contribution in [-0.2, 0) is 11.7 Å². The molecule has 96 valence electrons. The first-order valence-electron chi connectivity index (χ1n) is 5.17. The number of alkyl halides is 3. The Morgan fingerprint density at radius 1 is 1.12 bits per heavy atom. The van der Waals surface area contributed by atoms with E-state index >= 15 is 0 Å². The second-order valence-corrected chi connectivity index (χ2v) is 4.28. The number of ether oxygens (including phenoxy) is 1. The number of benzene rings is 1. The monoisotopic (exact) mass is 247 g/mol. The molecule has 1 N–H and O–H groups in total. The van der Waals surface area contributed by atoms with Crippen molar-refractivity contribution in [1.82, 2.24) is 5.32 Å². The van der Waals surface area contributed by atoms with Crippen LogP contribution >= 0.6 is 0 Å². The number of halogens is 3. The third-order valence-corrected chi connectivity index (χ3v) is 2.83. The summed E-state index contributed by atoms with van der Waals surface area (Å²) in [5.41, 5.74) is -1.22. The van der Waals surface area contributed by atoms with E-state index in [1.54, 1.807) is 20.9 Å². The van der Waals surface area contributed by atoms with Gasteiger partial charge in [0, 0.05) is 5.54 Å². The summed E-state index contributed by atoms with van der Waals surface area (Å²) >= 11 is 0. The summed E-state index contributed by atoms with van der Waals surface area (Å²) in [4.78, 5) is 0. The molecule has 0 aliphatic heterocycles. The van der Waals surface area contributed by atoms with Crippen molar-refractivity contribution >= 4 is 0 Å². The van der Waals surface area contributed by atoms with Crippen molar-refractivity contribution in [1.29, 1.82) is 0 Å². The molecule has 0 aromatic heterocycles. The van der Waals surface area contributed by atoms with Crippen LogP contribution in [-0.4, -0.2) is 14.2 Å². The lowest BCUT2D eigenvalue weighted by Crippen LogP contribution is -2.35. The van der Waals surface area contributed by atoms with Crippen LogP contribution in [0.25, 0.3) is 0 Å². The van der Waals surface area contributed by atoms with E-state index in [1.165, 1.54) is 19.2 Å². The summed E-state index contributed by atoms with van der Waals surface area (Å²) in [5.74, 6) is 0.202. The van der Waals surface area contributed by atoms with Gasteiger partial charge in [-0.15, -0.1) is 0 Å². The molecule has 0 fully saturated rings. The van der Waals surface area contributed by atoms with E-state index in [2.05, 4.69) is 5.32 Å². The Kier molecular flexibility index (Phi) is 3.71. The number of nitrogens with one attached hydrogen (secondary N) is 1. The second kappa shape index (κ2) is 4.56. The van der Waals surface area contributed by atoms with E-state index in [0.717, 1.165) is 6.07 Å². The molecule has 0 radical (unpaired) electrons. The molecule has 17 heavy (non-hydrogen) atoms. The molecule has 1 rings (SSSR count). The summed E-state index contributed by atoms with van der Waals surface area (Å²) in [6.45, 7) is 3.40. The molecule has 0 amide bonds. The maximum Gasteiger partial charge on any atom is 0.416 e. The Bertz CT molecular complexity index is 399. The molecule has 0 aliphatic carbocycles. The summed E-state index contributed by atoms with van der Waals surface area (Å²) in [5, 5.41) is 2.87. The normalized spacial score (nSPS) is 12.6. The lowest BCUT2D eigenvalue weighted by atomic mass is 9.89. The lowest BCUT2D eigenvalue weighted by Gasteiger charge is -2.28. The molecule has 0 saturated heterocycles. The highest BCUT2D eigenvalue weighted by Gasteiger charge is 2.37. The highest BCUT2D eigenvalue weighted by atomic mass is 19.4. The summed E-state index contributed by atoms with van der Waals surface area (Å²) in [6.07, 6.45) is -4.39. The van der Waals surface area contributed by atoms with Gasteiger partial charge in [-0.2, -0.15) is 13.2 Å². The van der Waals surface area contributed by atoms with Gasteiger partial charge in [-0.1, -0.05) is 6.07 Å². The third-order valence-electron chi connectivity index (χ3n) is 2.83. The van der Waals surface area contributed by atoms with Gasteiger partial charge in [0.15, 0.2) is 0 Å². The highest BCUT2D eigenvalue weighted by molar-refractivity contribution is 5.41. The van der Waals surface area contributed by atoms with Crippen molar-refractivity contribution in [3.05, 3.63) is 29.3 Å². The zero-order chi connectivity index (χ0) is 13.3. The van der Waals surface area contributed by atoms with Gasteiger partial charge < -0.3 is 10.1 Å². The Morgan fingerprint density at radius 2 is 1.71 bits per heavy atom. The van der Waals surface area contributed by atoms with Gasteiger partial charge in [0.1, 0.15) is 5.75 Å². The molecule has 5 heteroatoms. The van der Waals surface area contributed by atoms with Gasteiger partial charge in [0.05, 0.1) is 12.7 Å². The molecule has 0 unspecified atom stereocenters. The maximum atomic E-state index is 12.9. The first kappa shape index (κ1) is 13.8. The van der Waals surface area contributed by atoms with Crippen molar-refractivity contribution in [3.63, 3.8) is 0 Å². The van der Waals surface area contributed by atoms with E-state index in [9.17, 15) is 13.2 Å². The topological polar surface area (TPSA) is 21.3 Å². The zero-order valence-corrected chi connectivity index (χ0v) is 10.3. The van der Waals surface area contributed by atoms with Crippen LogP contribution in [0.15, 0.2) is 18.2 Å². The molecule has 1 aromatic rings. The minimum Gasteiger partial charge on any atom is -0.497 e. The quantitative estimate of drug-likeness (QED) is 0.885. The largest absolute Gasteiger partial charge is 0.497 e. The fraction of sp³-hybridized carbons (Fsp3) is 0.500. The van der Waals surface area contributed by atoms with Gasteiger partial charge in [0.25, 0.3) is 0 Å². The van der Waals surface area contributed by atoms with Gasteiger partial charge in [-0.3, -0.25) is 0 Å². The molecule has 0 spiro atoms. The minimum atomic E-state index is -4.39. The minimum absolute atomic E-state index is 0.202. The Hall–Kier alpha value is -1.23. The molecule has 1 aromatic carbocycles. The van der Waals surface area contributed by atoms with E-state index < -0.39 is 17.3 Å². The number of rotatable bonds is 3. The predicted molar refractivity (Wildman–Crippen MR) is 60.1 cm³/mol. The SMILES string of the molecule is CNC(C)(C)c1ccc(OC)cc1C(F)(F)F. The van der Waals surface area contributed by atoms with Crippen molar-refractivity contribution < 1.29 is 17.9 Å². The van der Waals surface area contributed by atoms with Gasteiger partial charge >= 0.3 is 6.18 Å². The van der Waals surface area contributed by atoms with Crippen LogP contribution in [0.3, 0.4) is 0 Å². The fourth-order valence-electron chi connectivity index (χ4n) is 1.56. The molecule has 0 heterocycles. The Balaban J connectivity index is 3.41. The second-order valence-electron chi connectivity index (χ2n) is 4.28. The summed E-state index contributed by atoms with van der Waals surface area (Å²) in [7, 11) is 2.97. The molecule has 0 atom stereocenters. The molecule has 0 saturated carbocycles. The van der Waals surface area contributed by atoms with E-state index in [0.29, 0.717) is 0 Å². The first-order valence-corrected chi connectivity index (χ1v) is 5.17. The summed E-state index contributed by atoms with van der Waals surface area (Å²) in [6, 6.07) is 4.00. The van der Waals surface area contributed by atoms with Gasteiger partial charge in [-0.05, 0) is 38.6 Å².